The van der Waals surface area contributed by atoms with Crippen molar-refractivity contribution >= 4 is 23.4 Å². The number of nitrogens with one attached hydrogen (secondary N) is 1. The van der Waals surface area contributed by atoms with Crippen molar-refractivity contribution in [2.75, 3.05) is 17.7 Å². The molecule has 1 amide bonds. The number of amides is 1. The lowest BCUT2D eigenvalue weighted by molar-refractivity contribution is -0.137. The van der Waals surface area contributed by atoms with Gasteiger partial charge >= 0.3 is 6.18 Å². The summed E-state index contributed by atoms with van der Waals surface area (Å²) in [4.78, 5) is 12.4. The topological polar surface area (TPSA) is 69.0 Å². The Bertz CT molecular complexity index is 1100. The molecule has 0 spiro atoms. The Kier molecular flexibility index (Phi) is 6.99. The van der Waals surface area contributed by atoms with Crippen molar-refractivity contribution in [1.82, 2.24) is 14.8 Å². The van der Waals surface area contributed by atoms with Gasteiger partial charge in [0.15, 0.2) is 11.0 Å². The van der Waals surface area contributed by atoms with Gasteiger partial charge in [-0.15, -0.1) is 10.2 Å². The van der Waals surface area contributed by atoms with Crippen molar-refractivity contribution in [3.8, 4) is 11.4 Å². The molecule has 1 atom stereocenters. The molecular formula is C22H20F4N4O2S. The number of hydrogen-bond donors (Lipinski definition) is 1. The number of carbonyl (C=O) groups is 1. The van der Waals surface area contributed by atoms with Gasteiger partial charge in [0.25, 0.3) is 0 Å². The van der Waals surface area contributed by atoms with Crippen LogP contribution in [0.2, 0.25) is 0 Å². The van der Waals surface area contributed by atoms with Crippen molar-refractivity contribution in [3.05, 3.63) is 59.9 Å². The highest BCUT2D eigenvalue weighted by Crippen LogP contribution is 2.30. The summed E-state index contributed by atoms with van der Waals surface area (Å²) >= 11 is 1.15. The number of halogens is 4. The molecule has 1 saturated heterocycles. The number of carbonyl (C=O) groups excluding carboxylic acids is 1. The van der Waals surface area contributed by atoms with Crippen molar-refractivity contribution in [3.63, 3.8) is 0 Å². The third-order valence-corrected chi connectivity index (χ3v) is 6.02. The summed E-state index contributed by atoms with van der Waals surface area (Å²) in [5, 5.41) is 11.5. The summed E-state index contributed by atoms with van der Waals surface area (Å²) in [6.45, 7) is 1.17. The van der Waals surface area contributed by atoms with Crippen LogP contribution in [-0.2, 0) is 22.3 Å². The number of rotatable bonds is 7. The molecular weight excluding hydrogens is 460 g/mol. The Morgan fingerprint density at radius 2 is 1.85 bits per heavy atom. The van der Waals surface area contributed by atoms with Gasteiger partial charge in [-0.1, -0.05) is 11.8 Å². The Labute approximate surface area is 191 Å². The highest BCUT2D eigenvalue weighted by molar-refractivity contribution is 7.99. The molecule has 1 N–H and O–H groups in total. The molecule has 0 bridgehead atoms. The SMILES string of the molecule is O=C(CSc1nnc(-c2ccc(F)cc2)n1CC1CCCO1)Nc1ccc(C(F)(F)F)cc1. The van der Waals surface area contributed by atoms with Gasteiger partial charge in [-0.05, 0) is 61.4 Å². The zero-order valence-electron chi connectivity index (χ0n) is 17.3. The number of nitrogens with zero attached hydrogens (tertiary/aromatic N) is 3. The summed E-state index contributed by atoms with van der Waals surface area (Å²) < 4.78 is 59.0. The lowest BCUT2D eigenvalue weighted by Gasteiger charge is -2.15. The minimum absolute atomic E-state index is 0.0134. The lowest BCUT2D eigenvalue weighted by atomic mass is 10.2. The molecule has 2 aromatic carbocycles. The Morgan fingerprint density at radius 1 is 1.12 bits per heavy atom. The van der Waals surface area contributed by atoms with E-state index >= 15 is 0 Å². The Morgan fingerprint density at radius 3 is 2.48 bits per heavy atom. The van der Waals surface area contributed by atoms with Crippen LogP contribution >= 0.6 is 11.8 Å². The number of aromatic nitrogens is 3. The molecule has 33 heavy (non-hydrogen) atoms. The normalized spacial score (nSPS) is 16.2. The average molecular weight is 480 g/mol. The number of benzene rings is 2. The molecule has 6 nitrogen and oxygen atoms in total. The molecule has 1 fully saturated rings. The van der Waals surface area contributed by atoms with Crippen LogP contribution in [0.4, 0.5) is 23.2 Å². The van der Waals surface area contributed by atoms with Crippen molar-refractivity contribution in [1.29, 1.82) is 0 Å². The third kappa shape index (κ3) is 5.91. The second-order valence-electron chi connectivity index (χ2n) is 7.47. The second kappa shape index (κ2) is 9.92. The van der Waals surface area contributed by atoms with Crippen molar-refractivity contribution in [2.24, 2.45) is 0 Å². The molecule has 1 aliphatic rings. The number of ether oxygens (including phenoxy) is 1. The van der Waals surface area contributed by atoms with E-state index in [1.165, 1.54) is 24.3 Å². The van der Waals surface area contributed by atoms with Crippen LogP contribution in [0.5, 0.6) is 0 Å². The highest BCUT2D eigenvalue weighted by Gasteiger charge is 2.30. The molecule has 2 heterocycles. The van der Waals surface area contributed by atoms with Crippen LogP contribution in [0.3, 0.4) is 0 Å². The van der Waals surface area contributed by atoms with E-state index in [2.05, 4.69) is 15.5 Å². The van der Waals surface area contributed by atoms with Gasteiger partial charge in [0.1, 0.15) is 5.82 Å². The molecule has 4 rings (SSSR count). The maximum atomic E-state index is 13.3. The summed E-state index contributed by atoms with van der Waals surface area (Å²) in [7, 11) is 0. The number of alkyl halides is 3. The molecule has 0 saturated carbocycles. The number of anilines is 1. The summed E-state index contributed by atoms with van der Waals surface area (Å²) in [6, 6.07) is 10.1. The maximum absolute atomic E-state index is 13.3. The molecule has 0 aliphatic carbocycles. The molecule has 1 aliphatic heterocycles. The lowest BCUT2D eigenvalue weighted by Crippen LogP contribution is -2.18. The van der Waals surface area contributed by atoms with Crippen LogP contribution in [-0.4, -0.2) is 39.1 Å². The van der Waals surface area contributed by atoms with Crippen molar-refractivity contribution < 1.29 is 27.1 Å². The van der Waals surface area contributed by atoms with Crippen LogP contribution < -0.4 is 5.32 Å². The van der Waals surface area contributed by atoms with E-state index in [1.54, 1.807) is 12.1 Å². The molecule has 0 radical (unpaired) electrons. The predicted molar refractivity (Wildman–Crippen MR) is 115 cm³/mol. The first-order valence-corrected chi connectivity index (χ1v) is 11.2. The zero-order valence-corrected chi connectivity index (χ0v) is 18.1. The fourth-order valence-corrected chi connectivity index (χ4v) is 4.18. The van der Waals surface area contributed by atoms with E-state index in [-0.39, 0.29) is 23.4 Å². The largest absolute Gasteiger partial charge is 0.416 e. The smallest absolute Gasteiger partial charge is 0.376 e. The molecule has 1 unspecified atom stereocenters. The average Bonchev–Trinajstić information content (AvgIpc) is 3.43. The van der Waals surface area contributed by atoms with Crippen LogP contribution in [0.1, 0.15) is 18.4 Å². The van der Waals surface area contributed by atoms with E-state index in [4.69, 9.17) is 4.74 Å². The van der Waals surface area contributed by atoms with Crippen LogP contribution in [0.25, 0.3) is 11.4 Å². The Balaban J connectivity index is 1.45. The van der Waals surface area contributed by atoms with E-state index in [9.17, 15) is 22.4 Å². The fourth-order valence-electron chi connectivity index (χ4n) is 3.43. The monoisotopic (exact) mass is 480 g/mol. The quantitative estimate of drug-likeness (QED) is 0.380. The van der Waals surface area contributed by atoms with E-state index in [0.717, 1.165) is 36.7 Å². The van der Waals surface area contributed by atoms with Crippen LogP contribution in [0.15, 0.2) is 53.7 Å². The summed E-state index contributed by atoms with van der Waals surface area (Å²) in [6.07, 6.45) is -2.61. The van der Waals surface area contributed by atoms with Gasteiger partial charge in [-0.2, -0.15) is 13.2 Å². The predicted octanol–water partition coefficient (Wildman–Crippen LogP) is 5.01. The van der Waals surface area contributed by atoms with Crippen LogP contribution in [0, 0.1) is 5.82 Å². The zero-order chi connectivity index (χ0) is 23.4. The van der Waals surface area contributed by atoms with E-state index in [0.29, 0.717) is 29.7 Å². The molecule has 3 aromatic rings. The number of thioether (sulfide) groups is 1. The second-order valence-corrected chi connectivity index (χ2v) is 8.41. The minimum Gasteiger partial charge on any atom is -0.376 e. The van der Waals surface area contributed by atoms with E-state index < -0.39 is 17.6 Å². The minimum atomic E-state index is -4.44. The van der Waals surface area contributed by atoms with Gasteiger partial charge in [-0.3, -0.25) is 9.36 Å². The molecule has 1 aromatic heterocycles. The summed E-state index contributed by atoms with van der Waals surface area (Å²) in [5.74, 6) is -0.238. The Hall–Kier alpha value is -2.92. The standard InChI is InChI=1S/C22H20F4N4O2S/c23-16-7-3-14(4-8-16)20-28-29-21(30(20)12-18-2-1-11-32-18)33-13-19(31)27-17-9-5-15(6-10-17)22(24,25)26/h3-10,18H,1-2,11-13H2,(H,27,31). The van der Waals surface area contributed by atoms with Gasteiger partial charge in [0.2, 0.25) is 5.91 Å². The highest BCUT2D eigenvalue weighted by atomic mass is 32.2. The molecule has 174 valence electrons. The van der Waals surface area contributed by atoms with Gasteiger partial charge in [-0.25, -0.2) is 4.39 Å². The van der Waals surface area contributed by atoms with Gasteiger partial charge < -0.3 is 10.1 Å². The first kappa shape index (κ1) is 23.2. The van der Waals surface area contributed by atoms with E-state index in [1.807, 2.05) is 4.57 Å². The molecule has 11 heteroatoms. The summed E-state index contributed by atoms with van der Waals surface area (Å²) in [5.41, 5.74) is 0.162. The fraction of sp³-hybridized carbons (Fsp3) is 0.318. The van der Waals surface area contributed by atoms with Gasteiger partial charge in [0.05, 0.1) is 24.0 Å². The van der Waals surface area contributed by atoms with Crippen molar-refractivity contribution in [2.45, 2.75) is 36.8 Å². The first-order valence-electron chi connectivity index (χ1n) is 10.2. The third-order valence-electron chi connectivity index (χ3n) is 5.06. The number of hydrogen-bond acceptors (Lipinski definition) is 5. The van der Waals surface area contributed by atoms with Gasteiger partial charge in [0, 0.05) is 17.9 Å². The first-order chi connectivity index (χ1) is 15.8. The maximum Gasteiger partial charge on any atom is 0.416 e.